The number of hydroxylamine groups is 2. The number of quaternary nitrogens is 1. The summed E-state index contributed by atoms with van der Waals surface area (Å²) in [6.45, 7) is 4.81. The highest BCUT2D eigenvalue weighted by Gasteiger charge is 2.38. The van der Waals surface area contributed by atoms with Crippen LogP contribution < -0.4 is 5.06 Å². The second-order valence-corrected chi connectivity index (χ2v) is 2.64. The highest BCUT2D eigenvalue weighted by Crippen LogP contribution is 2.25. The summed E-state index contributed by atoms with van der Waals surface area (Å²) in [6, 6.07) is 0.444. The Hall–Kier alpha value is -0.0800. The zero-order valence-electron chi connectivity index (χ0n) is 5.48. The van der Waals surface area contributed by atoms with Crippen LogP contribution >= 0.6 is 0 Å². The van der Waals surface area contributed by atoms with Crippen molar-refractivity contribution in [3.63, 3.8) is 0 Å². The Labute approximate surface area is 50.1 Å². The lowest BCUT2D eigenvalue weighted by Crippen LogP contribution is -3.08. The molecule has 0 bridgehead atoms. The summed E-state index contributed by atoms with van der Waals surface area (Å²) in [4.78, 5) is 0. The zero-order valence-corrected chi connectivity index (χ0v) is 5.48. The van der Waals surface area contributed by atoms with Crippen LogP contribution in [0.15, 0.2) is 0 Å². The highest BCUT2D eigenvalue weighted by atomic mass is 16.5. The predicted molar refractivity (Wildman–Crippen MR) is 32.4 cm³/mol. The minimum absolute atomic E-state index is 0.444. The van der Waals surface area contributed by atoms with E-state index in [0.29, 0.717) is 17.0 Å². The van der Waals surface area contributed by atoms with Crippen LogP contribution in [0.5, 0.6) is 0 Å². The molecule has 2 nitrogen and oxygen atoms in total. The predicted octanol–water partition coefficient (Wildman–Crippen LogP) is -0.203. The molecule has 0 aromatic heterocycles. The van der Waals surface area contributed by atoms with E-state index in [-0.39, 0.29) is 0 Å². The highest BCUT2D eigenvalue weighted by molar-refractivity contribution is 4.81. The number of hydrogen-bond donors (Lipinski definition) is 1. The lowest BCUT2D eigenvalue weighted by molar-refractivity contribution is -0.859. The second kappa shape index (κ2) is 2.03. The Bertz CT molecular complexity index is 82.6. The average Bonchev–Trinajstić information content (AvgIpc) is 2.45. The van der Waals surface area contributed by atoms with Gasteiger partial charge in [-0.2, -0.15) is 0 Å². The van der Waals surface area contributed by atoms with E-state index < -0.39 is 0 Å². The molecule has 0 radical (unpaired) electrons. The molecule has 1 aliphatic rings. The monoisotopic (exact) mass is 115 g/mol. The molecule has 2 unspecified atom stereocenters. The molecule has 2 heteroatoms. The molecule has 0 spiro atoms. The molecule has 1 aliphatic carbocycles. The van der Waals surface area contributed by atoms with Gasteiger partial charge in [-0.1, -0.05) is 6.92 Å². The first-order valence-electron chi connectivity index (χ1n) is 3.28. The van der Waals surface area contributed by atoms with E-state index in [0.717, 1.165) is 13.0 Å². The summed E-state index contributed by atoms with van der Waals surface area (Å²) in [6.07, 6.45) is 1.15. The van der Waals surface area contributed by atoms with Crippen molar-refractivity contribution in [3.05, 3.63) is 5.21 Å². The van der Waals surface area contributed by atoms with Crippen LogP contribution in [0.2, 0.25) is 0 Å². The molecular weight excluding hydrogens is 102 g/mol. The Kier molecular flexibility index (Phi) is 1.54. The minimum Gasteiger partial charge on any atom is -0.634 e. The molecule has 1 fully saturated rings. The molecule has 1 rings (SSSR count). The summed E-state index contributed by atoms with van der Waals surface area (Å²) in [5.41, 5.74) is 0. The maximum atomic E-state index is 10.8. The fourth-order valence-corrected chi connectivity index (χ4v) is 1.03. The number of nitrogens with one attached hydrogen (secondary N) is 1. The average molecular weight is 115 g/mol. The molecule has 1 N–H and O–H groups in total. The van der Waals surface area contributed by atoms with Gasteiger partial charge in [-0.3, -0.25) is 0 Å². The van der Waals surface area contributed by atoms with Gasteiger partial charge in [0.05, 0.1) is 12.6 Å². The molecule has 48 valence electrons. The summed E-state index contributed by atoms with van der Waals surface area (Å²) in [5, 5.41) is 11.2. The fourth-order valence-electron chi connectivity index (χ4n) is 1.03. The number of hydrogen-bond acceptors (Lipinski definition) is 1. The van der Waals surface area contributed by atoms with E-state index >= 15 is 0 Å². The standard InChI is InChI=1S/C6H13NO/c1-3-7(8)6-4-5(6)2/h5-7H,3-4H2,1-2H3/t5-,6?/m1/s1. The van der Waals surface area contributed by atoms with Crippen LogP contribution in [-0.4, -0.2) is 12.6 Å². The van der Waals surface area contributed by atoms with Crippen LogP contribution in [-0.2, 0) is 0 Å². The first-order valence-corrected chi connectivity index (χ1v) is 3.28. The van der Waals surface area contributed by atoms with E-state index in [1.165, 1.54) is 0 Å². The smallest absolute Gasteiger partial charge is 0.0904 e. The van der Waals surface area contributed by atoms with Gasteiger partial charge in [0.2, 0.25) is 0 Å². The Balaban J connectivity index is 2.18. The van der Waals surface area contributed by atoms with Crippen molar-refractivity contribution >= 4 is 0 Å². The Morgan fingerprint density at radius 1 is 1.75 bits per heavy atom. The second-order valence-electron chi connectivity index (χ2n) is 2.64. The van der Waals surface area contributed by atoms with Gasteiger partial charge in [-0.15, -0.1) is 0 Å². The first-order chi connectivity index (χ1) is 3.75. The molecule has 0 aromatic rings. The molecule has 3 atom stereocenters. The van der Waals surface area contributed by atoms with Gasteiger partial charge in [0.1, 0.15) is 0 Å². The summed E-state index contributed by atoms with van der Waals surface area (Å²) >= 11 is 0. The third kappa shape index (κ3) is 1.01. The first kappa shape index (κ1) is 6.05. The molecule has 0 saturated heterocycles. The van der Waals surface area contributed by atoms with Crippen molar-refractivity contribution in [1.29, 1.82) is 0 Å². The van der Waals surface area contributed by atoms with Gasteiger partial charge >= 0.3 is 0 Å². The molecule has 0 aromatic carbocycles. The molecule has 0 heterocycles. The van der Waals surface area contributed by atoms with E-state index in [2.05, 4.69) is 6.92 Å². The Morgan fingerprint density at radius 2 is 2.25 bits per heavy atom. The number of rotatable bonds is 2. The largest absolute Gasteiger partial charge is 0.634 e. The topological polar surface area (TPSA) is 27.5 Å². The SMILES string of the molecule is CC[NH+]([O-])C1C[C@H]1C. The quantitative estimate of drug-likeness (QED) is 0.496. The van der Waals surface area contributed by atoms with Gasteiger partial charge in [0, 0.05) is 12.3 Å². The van der Waals surface area contributed by atoms with Crippen molar-refractivity contribution < 1.29 is 5.06 Å². The van der Waals surface area contributed by atoms with Crippen molar-refractivity contribution in [2.24, 2.45) is 5.92 Å². The zero-order chi connectivity index (χ0) is 6.15. The van der Waals surface area contributed by atoms with E-state index in [1.807, 2.05) is 6.92 Å². The van der Waals surface area contributed by atoms with Gasteiger partial charge in [-0.05, 0) is 6.92 Å². The molecule has 1 saturated carbocycles. The van der Waals surface area contributed by atoms with Crippen molar-refractivity contribution in [2.75, 3.05) is 6.54 Å². The summed E-state index contributed by atoms with van der Waals surface area (Å²) in [5.74, 6) is 0.697. The lowest BCUT2D eigenvalue weighted by atomic mass is 10.5. The van der Waals surface area contributed by atoms with Crippen molar-refractivity contribution in [3.8, 4) is 0 Å². The van der Waals surface area contributed by atoms with Gasteiger partial charge < -0.3 is 10.3 Å². The van der Waals surface area contributed by atoms with Crippen LogP contribution in [0.4, 0.5) is 0 Å². The third-order valence-electron chi connectivity index (χ3n) is 1.87. The van der Waals surface area contributed by atoms with Gasteiger partial charge in [0.15, 0.2) is 0 Å². The third-order valence-corrected chi connectivity index (χ3v) is 1.87. The van der Waals surface area contributed by atoms with E-state index in [4.69, 9.17) is 0 Å². The molecule has 0 aliphatic heterocycles. The van der Waals surface area contributed by atoms with E-state index in [9.17, 15) is 5.21 Å². The van der Waals surface area contributed by atoms with Crippen LogP contribution in [0, 0.1) is 11.1 Å². The van der Waals surface area contributed by atoms with Crippen LogP contribution in [0.25, 0.3) is 0 Å². The van der Waals surface area contributed by atoms with Gasteiger partial charge in [0.25, 0.3) is 0 Å². The van der Waals surface area contributed by atoms with E-state index in [1.54, 1.807) is 0 Å². The molecule has 8 heavy (non-hydrogen) atoms. The lowest BCUT2D eigenvalue weighted by Gasteiger charge is -2.19. The van der Waals surface area contributed by atoms with Crippen LogP contribution in [0.3, 0.4) is 0 Å². The molecular formula is C6H13NO. The minimum atomic E-state index is 0.444. The summed E-state index contributed by atoms with van der Waals surface area (Å²) < 4.78 is 0. The fraction of sp³-hybridized carbons (Fsp3) is 1.00. The van der Waals surface area contributed by atoms with Gasteiger partial charge in [-0.25, -0.2) is 0 Å². The summed E-state index contributed by atoms with van der Waals surface area (Å²) in [7, 11) is 0. The molecule has 0 amide bonds. The van der Waals surface area contributed by atoms with Crippen LogP contribution in [0.1, 0.15) is 20.3 Å². The maximum Gasteiger partial charge on any atom is 0.0904 e. The van der Waals surface area contributed by atoms with Crippen molar-refractivity contribution in [1.82, 2.24) is 0 Å². The normalized spacial score (nSPS) is 39.4. The maximum absolute atomic E-state index is 10.8. The van der Waals surface area contributed by atoms with Crippen molar-refractivity contribution in [2.45, 2.75) is 26.3 Å². The Morgan fingerprint density at radius 3 is 2.38 bits per heavy atom.